The summed E-state index contributed by atoms with van der Waals surface area (Å²) in [5.41, 5.74) is 0.304. The van der Waals surface area contributed by atoms with Gasteiger partial charge >= 0.3 is 12.0 Å². The Morgan fingerprint density at radius 3 is 2.61 bits per heavy atom. The molecule has 5 nitrogen and oxygen atoms in total. The molecule has 2 rings (SSSR count). The lowest BCUT2D eigenvalue weighted by molar-refractivity contribution is -0.143. The Balaban J connectivity index is 1.82. The summed E-state index contributed by atoms with van der Waals surface area (Å²) in [4.78, 5) is 24.7. The van der Waals surface area contributed by atoms with Crippen LogP contribution in [0.3, 0.4) is 0 Å². The van der Waals surface area contributed by atoms with Crippen molar-refractivity contribution in [1.82, 2.24) is 10.2 Å². The number of hydrogen-bond acceptors (Lipinski definition) is 2. The van der Waals surface area contributed by atoms with Crippen LogP contribution in [0.2, 0.25) is 0 Å². The van der Waals surface area contributed by atoms with Gasteiger partial charge in [0.1, 0.15) is 0 Å². The summed E-state index contributed by atoms with van der Waals surface area (Å²) >= 11 is 0. The van der Waals surface area contributed by atoms with E-state index in [-0.39, 0.29) is 18.0 Å². The topological polar surface area (TPSA) is 69.6 Å². The van der Waals surface area contributed by atoms with E-state index < -0.39 is 5.97 Å². The maximum atomic E-state index is 12.0. The summed E-state index contributed by atoms with van der Waals surface area (Å²) in [6.45, 7) is 5.37. The fourth-order valence-corrected chi connectivity index (χ4v) is 2.48. The fraction of sp³-hybridized carbons (Fsp3) is 0.846. The van der Waals surface area contributed by atoms with Crippen LogP contribution >= 0.6 is 0 Å². The van der Waals surface area contributed by atoms with Crippen molar-refractivity contribution in [2.24, 2.45) is 11.3 Å². The molecule has 2 atom stereocenters. The molecule has 0 aromatic rings. The smallest absolute Gasteiger partial charge is 0.317 e. The summed E-state index contributed by atoms with van der Waals surface area (Å²) < 4.78 is 0. The van der Waals surface area contributed by atoms with Crippen LogP contribution in [0.4, 0.5) is 4.79 Å². The Kier molecular flexibility index (Phi) is 3.50. The molecule has 0 aromatic heterocycles. The minimum Gasteiger partial charge on any atom is -0.481 e. The molecule has 1 aliphatic carbocycles. The van der Waals surface area contributed by atoms with Crippen LogP contribution in [-0.2, 0) is 4.79 Å². The van der Waals surface area contributed by atoms with E-state index in [1.54, 1.807) is 4.90 Å². The molecule has 102 valence electrons. The molecule has 1 heterocycles. The SMILES string of the molecule is CC1CC(C(=O)O)CCN1C(=O)NCC1(C)CC1. The summed E-state index contributed by atoms with van der Waals surface area (Å²) in [7, 11) is 0. The maximum absolute atomic E-state index is 12.0. The molecule has 1 saturated heterocycles. The minimum absolute atomic E-state index is 0.00635. The van der Waals surface area contributed by atoms with Gasteiger partial charge in [-0.05, 0) is 38.0 Å². The molecule has 18 heavy (non-hydrogen) atoms. The quantitative estimate of drug-likeness (QED) is 0.805. The van der Waals surface area contributed by atoms with Crippen molar-refractivity contribution in [2.45, 2.75) is 45.6 Å². The number of hydrogen-bond donors (Lipinski definition) is 2. The number of rotatable bonds is 3. The standard InChI is InChI=1S/C13H22N2O3/c1-9-7-10(11(16)17)3-6-15(9)12(18)14-8-13(2)4-5-13/h9-10H,3-8H2,1-2H3,(H,14,18)(H,16,17). The Labute approximate surface area is 108 Å². The number of carbonyl (C=O) groups is 2. The molecule has 1 saturated carbocycles. The number of amides is 2. The molecule has 2 N–H and O–H groups in total. The Morgan fingerprint density at radius 2 is 2.11 bits per heavy atom. The fourth-order valence-electron chi connectivity index (χ4n) is 2.48. The third-order valence-corrected chi connectivity index (χ3v) is 4.26. The van der Waals surface area contributed by atoms with E-state index in [9.17, 15) is 9.59 Å². The molecule has 0 spiro atoms. The summed E-state index contributed by atoms with van der Waals surface area (Å²) in [6.07, 6.45) is 3.48. The normalized spacial score (nSPS) is 29.8. The number of carbonyl (C=O) groups excluding carboxylic acids is 1. The first-order valence-electron chi connectivity index (χ1n) is 6.68. The zero-order chi connectivity index (χ0) is 13.3. The number of urea groups is 1. The number of nitrogens with zero attached hydrogens (tertiary/aromatic N) is 1. The van der Waals surface area contributed by atoms with Gasteiger partial charge in [0.25, 0.3) is 0 Å². The van der Waals surface area contributed by atoms with Gasteiger partial charge < -0.3 is 15.3 Å². The highest BCUT2D eigenvalue weighted by atomic mass is 16.4. The number of carboxylic acids is 1. The molecule has 2 fully saturated rings. The van der Waals surface area contributed by atoms with Gasteiger partial charge in [0.15, 0.2) is 0 Å². The zero-order valence-electron chi connectivity index (χ0n) is 11.1. The summed E-state index contributed by atoms with van der Waals surface area (Å²) in [5, 5.41) is 11.9. The van der Waals surface area contributed by atoms with Crippen LogP contribution in [0.25, 0.3) is 0 Å². The molecule has 2 amide bonds. The van der Waals surface area contributed by atoms with E-state index in [0.717, 1.165) is 6.54 Å². The van der Waals surface area contributed by atoms with Crippen molar-refractivity contribution in [3.8, 4) is 0 Å². The lowest BCUT2D eigenvalue weighted by atomic mass is 9.92. The average molecular weight is 254 g/mol. The van der Waals surface area contributed by atoms with E-state index in [0.29, 0.717) is 24.8 Å². The van der Waals surface area contributed by atoms with Crippen molar-refractivity contribution in [3.63, 3.8) is 0 Å². The van der Waals surface area contributed by atoms with Gasteiger partial charge in [0.2, 0.25) is 0 Å². The lowest BCUT2D eigenvalue weighted by Gasteiger charge is -2.36. The Hall–Kier alpha value is -1.26. The van der Waals surface area contributed by atoms with Crippen molar-refractivity contribution in [3.05, 3.63) is 0 Å². The maximum Gasteiger partial charge on any atom is 0.317 e. The summed E-state index contributed by atoms with van der Waals surface area (Å²) in [5.74, 6) is -1.04. The summed E-state index contributed by atoms with van der Waals surface area (Å²) in [6, 6.07) is -0.0358. The number of carboxylic acid groups (broad SMARTS) is 1. The average Bonchev–Trinajstić information content (AvgIpc) is 3.04. The monoisotopic (exact) mass is 254 g/mol. The minimum atomic E-state index is -0.743. The van der Waals surface area contributed by atoms with E-state index in [2.05, 4.69) is 12.2 Å². The molecule has 0 radical (unpaired) electrons. The first kappa shape index (κ1) is 13.2. The molecule has 0 bridgehead atoms. The van der Waals surface area contributed by atoms with Crippen molar-refractivity contribution in [2.75, 3.05) is 13.1 Å². The third-order valence-electron chi connectivity index (χ3n) is 4.26. The second kappa shape index (κ2) is 4.78. The van der Waals surface area contributed by atoms with E-state index in [4.69, 9.17) is 5.11 Å². The van der Waals surface area contributed by atoms with Gasteiger partial charge in [-0.3, -0.25) is 4.79 Å². The van der Waals surface area contributed by atoms with Crippen molar-refractivity contribution < 1.29 is 14.7 Å². The van der Waals surface area contributed by atoms with Gasteiger partial charge in [-0.25, -0.2) is 4.79 Å². The van der Waals surface area contributed by atoms with E-state index in [1.807, 2.05) is 6.92 Å². The molecular formula is C13H22N2O3. The highest BCUT2D eigenvalue weighted by Gasteiger charge is 2.38. The molecule has 5 heteroatoms. The second-order valence-electron chi connectivity index (χ2n) is 6.07. The zero-order valence-corrected chi connectivity index (χ0v) is 11.1. The Bertz CT molecular complexity index is 352. The van der Waals surface area contributed by atoms with Crippen LogP contribution in [0, 0.1) is 11.3 Å². The van der Waals surface area contributed by atoms with Gasteiger partial charge in [-0.1, -0.05) is 6.92 Å². The highest BCUT2D eigenvalue weighted by molar-refractivity contribution is 5.75. The number of aliphatic carboxylic acids is 1. The van der Waals surface area contributed by atoms with Crippen LogP contribution in [0.5, 0.6) is 0 Å². The predicted molar refractivity (Wildman–Crippen MR) is 67.3 cm³/mol. The van der Waals surface area contributed by atoms with Crippen LogP contribution in [0.15, 0.2) is 0 Å². The number of likely N-dealkylation sites (tertiary alicyclic amines) is 1. The van der Waals surface area contributed by atoms with Crippen molar-refractivity contribution >= 4 is 12.0 Å². The number of nitrogens with one attached hydrogen (secondary N) is 1. The lowest BCUT2D eigenvalue weighted by Crippen LogP contribution is -2.50. The van der Waals surface area contributed by atoms with Gasteiger partial charge in [-0.2, -0.15) is 0 Å². The van der Waals surface area contributed by atoms with Crippen LogP contribution < -0.4 is 5.32 Å². The molecule has 1 aliphatic heterocycles. The van der Waals surface area contributed by atoms with E-state index >= 15 is 0 Å². The Morgan fingerprint density at radius 1 is 1.44 bits per heavy atom. The highest BCUT2D eigenvalue weighted by Crippen LogP contribution is 2.44. The number of piperidine rings is 1. The predicted octanol–water partition coefficient (Wildman–Crippen LogP) is 1.68. The second-order valence-corrected chi connectivity index (χ2v) is 6.07. The molecule has 2 aliphatic rings. The largest absolute Gasteiger partial charge is 0.481 e. The van der Waals surface area contributed by atoms with Gasteiger partial charge in [-0.15, -0.1) is 0 Å². The van der Waals surface area contributed by atoms with Crippen molar-refractivity contribution in [1.29, 1.82) is 0 Å². The first-order valence-corrected chi connectivity index (χ1v) is 6.68. The molecule has 0 aromatic carbocycles. The third kappa shape index (κ3) is 2.94. The van der Waals surface area contributed by atoms with E-state index in [1.165, 1.54) is 12.8 Å². The van der Waals surface area contributed by atoms with Crippen LogP contribution in [-0.4, -0.2) is 41.1 Å². The van der Waals surface area contributed by atoms with Gasteiger partial charge in [0, 0.05) is 19.1 Å². The molecular weight excluding hydrogens is 232 g/mol. The molecule has 2 unspecified atom stereocenters. The van der Waals surface area contributed by atoms with Crippen LogP contribution in [0.1, 0.15) is 39.5 Å². The first-order chi connectivity index (χ1) is 8.41. The van der Waals surface area contributed by atoms with Gasteiger partial charge in [0.05, 0.1) is 5.92 Å².